The minimum absolute atomic E-state index is 0.137. The average molecular weight is 384 g/mol. The fraction of sp³-hybridized carbons (Fsp3) is 0.400. The summed E-state index contributed by atoms with van der Waals surface area (Å²) in [6, 6.07) is 5.86. The van der Waals surface area contributed by atoms with E-state index in [4.69, 9.17) is 0 Å². The molecular formula is C15H17FN4O3S2. The molecule has 3 rings (SSSR count). The lowest BCUT2D eigenvalue weighted by Gasteiger charge is -2.22. The van der Waals surface area contributed by atoms with Crippen molar-refractivity contribution in [1.82, 2.24) is 14.5 Å². The summed E-state index contributed by atoms with van der Waals surface area (Å²) in [5, 5.41) is 10.00. The van der Waals surface area contributed by atoms with Crippen molar-refractivity contribution >= 4 is 32.4 Å². The van der Waals surface area contributed by atoms with Crippen LogP contribution in [-0.2, 0) is 21.2 Å². The Morgan fingerprint density at radius 3 is 2.76 bits per heavy atom. The molecule has 1 aliphatic heterocycles. The van der Waals surface area contributed by atoms with Gasteiger partial charge in [-0.3, -0.25) is 4.79 Å². The predicted octanol–water partition coefficient (Wildman–Crippen LogP) is 2.03. The fourth-order valence-corrected chi connectivity index (χ4v) is 5.59. The number of carbonyl (C=O) groups excluding carboxylic acids is 1. The lowest BCUT2D eigenvalue weighted by atomic mass is 10.0. The van der Waals surface area contributed by atoms with E-state index in [0.29, 0.717) is 13.0 Å². The van der Waals surface area contributed by atoms with Crippen molar-refractivity contribution in [3.05, 3.63) is 35.6 Å². The number of hydrogen-bond acceptors (Lipinski definition) is 6. The molecule has 7 nitrogen and oxygen atoms in total. The number of benzene rings is 1. The molecule has 0 bridgehead atoms. The van der Waals surface area contributed by atoms with Gasteiger partial charge in [0.1, 0.15) is 5.82 Å². The number of hydrogen-bond donors (Lipinski definition) is 1. The number of anilines is 1. The third-order valence-electron chi connectivity index (χ3n) is 3.93. The molecule has 2 aromatic rings. The molecule has 0 aliphatic carbocycles. The topological polar surface area (TPSA) is 92.3 Å². The first-order chi connectivity index (χ1) is 11.9. The molecule has 0 spiro atoms. The number of halogens is 1. The van der Waals surface area contributed by atoms with Crippen molar-refractivity contribution < 1.29 is 17.6 Å². The van der Waals surface area contributed by atoms with E-state index in [9.17, 15) is 17.6 Å². The van der Waals surface area contributed by atoms with E-state index in [2.05, 4.69) is 15.5 Å². The van der Waals surface area contributed by atoms with Crippen LogP contribution in [0.15, 0.2) is 28.6 Å². The molecule has 1 aliphatic rings. The Kier molecular flexibility index (Phi) is 5.11. The largest absolute Gasteiger partial charge is 0.301 e. The smallest absolute Gasteiger partial charge is 0.272 e. The van der Waals surface area contributed by atoms with Crippen molar-refractivity contribution in [3.8, 4) is 0 Å². The maximum atomic E-state index is 13.0. The molecule has 2 heterocycles. The van der Waals surface area contributed by atoms with Gasteiger partial charge in [0.15, 0.2) is 0 Å². The molecule has 1 aromatic carbocycles. The molecule has 0 radical (unpaired) electrons. The van der Waals surface area contributed by atoms with Crippen molar-refractivity contribution in [2.75, 3.05) is 11.9 Å². The summed E-state index contributed by atoms with van der Waals surface area (Å²) in [5.41, 5.74) is 0.879. The minimum atomic E-state index is -3.78. The first-order valence-electron chi connectivity index (χ1n) is 7.73. The van der Waals surface area contributed by atoms with E-state index < -0.39 is 10.0 Å². The van der Waals surface area contributed by atoms with E-state index in [1.54, 1.807) is 12.1 Å². The second-order valence-electron chi connectivity index (χ2n) is 5.80. The maximum Gasteiger partial charge on any atom is 0.272 e. The van der Waals surface area contributed by atoms with Crippen LogP contribution < -0.4 is 5.32 Å². The molecule has 134 valence electrons. The molecule has 1 atom stereocenters. The Bertz CT molecular complexity index is 867. The van der Waals surface area contributed by atoms with Crippen molar-refractivity contribution in [2.24, 2.45) is 0 Å². The summed E-state index contributed by atoms with van der Waals surface area (Å²) in [4.78, 5) is 11.0. The van der Waals surface area contributed by atoms with Gasteiger partial charge in [0.2, 0.25) is 15.4 Å². The van der Waals surface area contributed by atoms with E-state index in [1.807, 2.05) is 0 Å². The number of nitrogens with zero attached hydrogens (tertiary/aromatic N) is 3. The maximum absolute atomic E-state index is 13.0. The Morgan fingerprint density at radius 2 is 2.08 bits per heavy atom. The van der Waals surface area contributed by atoms with Gasteiger partial charge in [0.05, 0.1) is 0 Å². The number of nitrogens with one attached hydrogen (secondary N) is 1. The van der Waals surface area contributed by atoms with Gasteiger partial charge in [-0.15, -0.1) is 10.2 Å². The highest BCUT2D eigenvalue weighted by molar-refractivity contribution is 7.91. The van der Waals surface area contributed by atoms with Crippen molar-refractivity contribution in [2.45, 2.75) is 36.6 Å². The van der Waals surface area contributed by atoms with Crippen molar-refractivity contribution in [3.63, 3.8) is 0 Å². The quantitative estimate of drug-likeness (QED) is 0.797. The van der Waals surface area contributed by atoms with Crippen LogP contribution in [0.3, 0.4) is 0 Å². The van der Waals surface area contributed by atoms with Crippen LogP contribution in [-0.4, -0.2) is 41.4 Å². The van der Waals surface area contributed by atoms with E-state index >= 15 is 0 Å². The molecule has 10 heteroatoms. The summed E-state index contributed by atoms with van der Waals surface area (Å²) < 4.78 is 40.0. The Labute approximate surface area is 148 Å². The third-order valence-corrected chi connectivity index (χ3v) is 7.06. The highest BCUT2D eigenvalue weighted by Crippen LogP contribution is 2.30. The number of sulfonamides is 1. The van der Waals surface area contributed by atoms with Gasteiger partial charge in [-0.2, -0.15) is 4.31 Å². The average Bonchev–Trinajstić information content (AvgIpc) is 3.19. The van der Waals surface area contributed by atoms with Crippen LogP contribution in [0.1, 0.15) is 25.3 Å². The molecule has 1 unspecified atom stereocenters. The van der Waals surface area contributed by atoms with Gasteiger partial charge in [-0.05, 0) is 37.0 Å². The second-order valence-corrected chi connectivity index (χ2v) is 8.84. The number of rotatable bonds is 5. The summed E-state index contributed by atoms with van der Waals surface area (Å²) in [6.45, 7) is 1.72. The van der Waals surface area contributed by atoms with Gasteiger partial charge < -0.3 is 5.32 Å². The van der Waals surface area contributed by atoms with Crippen LogP contribution in [0.4, 0.5) is 9.52 Å². The van der Waals surface area contributed by atoms with Gasteiger partial charge in [0, 0.05) is 19.5 Å². The number of amides is 1. The van der Waals surface area contributed by atoms with Crippen LogP contribution >= 0.6 is 11.3 Å². The lowest BCUT2D eigenvalue weighted by Crippen LogP contribution is -2.36. The van der Waals surface area contributed by atoms with Crippen LogP contribution in [0.25, 0.3) is 0 Å². The van der Waals surface area contributed by atoms with Crippen LogP contribution in [0.2, 0.25) is 0 Å². The summed E-state index contributed by atoms with van der Waals surface area (Å²) in [7, 11) is -3.78. The standard InChI is InChI=1S/C15H17FN4O3S2/c1-10(21)17-14-18-19-15(24-14)25(22,23)20-8-2-3-13(20)9-11-4-6-12(16)7-5-11/h4-7,13H,2-3,8-9H2,1H3,(H,17,18,21). The zero-order valence-electron chi connectivity index (χ0n) is 13.5. The zero-order chi connectivity index (χ0) is 18.0. The molecule has 1 aromatic heterocycles. The van der Waals surface area contributed by atoms with E-state index in [-0.39, 0.29) is 27.2 Å². The molecule has 1 saturated heterocycles. The predicted molar refractivity (Wildman–Crippen MR) is 91.2 cm³/mol. The van der Waals surface area contributed by atoms with Gasteiger partial charge in [-0.25, -0.2) is 12.8 Å². The van der Waals surface area contributed by atoms with Gasteiger partial charge >= 0.3 is 0 Å². The Hall–Kier alpha value is -1.91. The second kappa shape index (κ2) is 7.14. The van der Waals surface area contributed by atoms with E-state index in [0.717, 1.165) is 29.7 Å². The fourth-order valence-electron chi connectivity index (χ4n) is 2.84. The zero-order valence-corrected chi connectivity index (χ0v) is 15.1. The number of aromatic nitrogens is 2. The van der Waals surface area contributed by atoms with E-state index in [1.165, 1.54) is 23.4 Å². The number of carbonyl (C=O) groups is 1. The molecule has 1 N–H and O–H groups in total. The van der Waals surface area contributed by atoms with Gasteiger partial charge in [-0.1, -0.05) is 23.5 Å². The molecule has 1 amide bonds. The highest BCUT2D eigenvalue weighted by atomic mass is 32.2. The molecule has 0 saturated carbocycles. The first kappa shape index (κ1) is 17.9. The monoisotopic (exact) mass is 384 g/mol. The van der Waals surface area contributed by atoms with Crippen LogP contribution in [0, 0.1) is 5.82 Å². The highest BCUT2D eigenvalue weighted by Gasteiger charge is 2.37. The van der Waals surface area contributed by atoms with Gasteiger partial charge in [0.25, 0.3) is 10.0 Å². The van der Waals surface area contributed by atoms with Crippen molar-refractivity contribution in [1.29, 1.82) is 0 Å². The molecule has 25 heavy (non-hydrogen) atoms. The summed E-state index contributed by atoms with van der Waals surface area (Å²) >= 11 is 0.832. The summed E-state index contributed by atoms with van der Waals surface area (Å²) in [6.07, 6.45) is 1.99. The molecule has 1 fully saturated rings. The first-order valence-corrected chi connectivity index (χ1v) is 9.99. The lowest BCUT2D eigenvalue weighted by molar-refractivity contribution is -0.114. The molecular weight excluding hydrogens is 367 g/mol. The Morgan fingerprint density at radius 1 is 1.36 bits per heavy atom. The normalized spacial score (nSPS) is 18.4. The third kappa shape index (κ3) is 4.02. The Balaban J connectivity index is 1.79. The van der Waals surface area contributed by atoms with Crippen LogP contribution in [0.5, 0.6) is 0 Å². The minimum Gasteiger partial charge on any atom is -0.301 e. The summed E-state index contributed by atoms with van der Waals surface area (Å²) in [5.74, 6) is -0.658. The SMILES string of the molecule is CC(=O)Nc1nnc(S(=O)(=O)N2CCCC2Cc2ccc(F)cc2)s1.